The van der Waals surface area contributed by atoms with Gasteiger partial charge in [0.05, 0.1) is 38.6 Å². The Morgan fingerprint density at radius 3 is 1.02 bits per heavy atom. The van der Waals surface area contributed by atoms with E-state index in [1.165, 1.54) is 257 Å². The van der Waals surface area contributed by atoms with Crippen LogP contribution in [0.1, 0.15) is 348 Å². The SMILES string of the molecule is CCCCCCC/C=C\C/C=C\C/C=C\CCCCCCCCCCCCCCCCCCCCCCCCCCC(=O)NC(COC1OC(CO)C(OC2OC(CO)C(OC3OC(CO)C(O)C(O)C3O)C(O)C2O)C(O)C1O)C(O)CCCCCCCCCCCCCCCCCCC. The molecule has 0 aromatic carbocycles. The second-order valence-electron chi connectivity index (χ2n) is 29.9. The molecular formula is C82H153NO18. The van der Waals surface area contributed by atoms with Crippen molar-refractivity contribution in [2.75, 3.05) is 26.4 Å². The van der Waals surface area contributed by atoms with Crippen molar-refractivity contribution in [3.05, 3.63) is 36.5 Å². The monoisotopic (exact) mass is 1440 g/mol. The Hall–Kier alpha value is -1.99. The van der Waals surface area contributed by atoms with E-state index in [4.69, 9.17) is 28.4 Å². The van der Waals surface area contributed by atoms with E-state index in [0.717, 1.165) is 57.8 Å². The highest BCUT2D eigenvalue weighted by atomic mass is 16.8. The molecule has 594 valence electrons. The summed E-state index contributed by atoms with van der Waals surface area (Å²) in [6.07, 6.45) is 51.1. The molecule has 0 aliphatic carbocycles. The summed E-state index contributed by atoms with van der Waals surface area (Å²) in [6.45, 7) is 1.83. The highest BCUT2D eigenvalue weighted by Gasteiger charge is 2.54. The van der Waals surface area contributed by atoms with Crippen molar-refractivity contribution in [1.82, 2.24) is 5.32 Å². The van der Waals surface area contributed by atoms with E-state index in [0.29, 0.717) is 12.8 Å². The van der Waals surface area contributed by atoms with E-state index in [9.17, 15) is 61.0 Å². The Morgan fingerprint density at radius 2 is 0.653 bits per heavy atom. The number of amides is 1. The maximum absolute atomic E-state index is 13.5. The fraction of sp³-hybridized carbons (Fsp3) is 0.915. The van der Waals surface area contributed by atoms with E-state index in [-0.39, 0.29) is 18.9 Å². The van der Waals surface area contributed by atoms with Gasteiger partial charge in [-0.05, 0) is 51.4 Å². The largest absolute Gasteiger partial charge is 0.394 e. The van der Waals surface area contributed by atoms with Gasteiger partial charge in [0.1, 0.15) is 73.2 Å². The van der Waals surface area contributed by atoms with E-state index in [2.05, 4.69) is 55.6 Å². The maximum Gasteiger partial charge on any atom is 0.220 e. The van der Waals surface area contributed by atoms with E-state index >= 15 is 0 Å². The van der Waals surface area contributed by atoms with Crippen LogP contribution in [-0.4, -0.2) is 193 Å². The van der Waals surface area contributed by atoms with E-state index in [1.807, 2.05) is 0 Å². The topological polar surface area (TPSA) is 307 Å². The number of allylic oxidation sites excluding steroid dienone is 6. The number of rotatable bonds is 67. The third kappa shape index (κ3) is 43.0. The summed E-state index contributed by atoms with van der Waals surface area (Å²) in [6, 6.07) is -0.886. The van der Waals surface area contributed by atoms with E-state index < -0.39 is 124 Å². The molecule has 17 atom stereocenters. The minimum atomic E-state index is -1.97. The molecular weight excluding hydrogens is 1290 g/mol. The molecule has 0 aromatic rings. The Labute approximate surface area is 612 Å². The van der Waals surface area contributed by atoms with Gasteiger partial charge in [-0.3, -0.25) is 4.79 Å². The average Bonchev–Trinajstić information content (AvgIpc) is 0.792. The van der Waals surface area contributed by atoms with Crippen LogP contribution in [0.5, 0.6) is 0 Å². The smallest absolute Gasteiger partial charge is 0.220 e. The number of aliphatic hydroxyl groups excluding tert-OH is 11. The summed E-state index contributed by atoms with van der Waals surface area (Å²) in [4.78, 5) is 13.5. The highest BCUT2D eigenvalue weighted by molar-refractivity contribution is 5.76. The number of nitrogens with one attached hydrogen (secondary N) is 1. The second kappa shape index (κ2) is 63.0. The van der Waals surface area contributed by atoms with Crippen LogP contribution in [0.15, 0.2) is 36.5 Å². The molecule has 17 unspecified atom stereocenters. The zero-order valence-electron chi connectivity index (χ0n) is 63.7. The van der Waals surface area contributed by atoms with Crippen molar-refractivity contribution >= 4 is 5.91 Å². The average molecular weight is 1440 g/mol. The van der Waals surface area contributed by atoms with Crippen LogP contribution in [0.3, 0.4) is 0 Å². The predicted molar refractivity (Wildman–Crippen MR) is 402 cm³/mol. The summed E-state index contributed by atoms with van der Waals surface area (Å²) in [7, 11) is 0. The standard InChI is InChI=1S/C82H153NO18/c1-3-5-7-9-11-13-15-17-19-21-22-23-24-25-26-27-28-29-30-31-32-33-34-35-36-37-38-39-40-41-42-44-46-48-50-52-54-56-58-60-70(88)83-65(66(87)59-57-55-53-51-49-47-45-43-20-18-16-14-12-10-8-6-4-2)64-96-80-76(94)73(91)78(68(62-85)98-80)101-82-77(95)74(92)79(69(63-86)99-82)100-81-75(93)72(90)71(89)67(61-84)97-81/h15,17,21-22,24-25,65-69,71-82,84-87,89-95H,3-14,16,18-20,23,26-64H2,1-2H3,(H,83,88)/b17-15-,22-21-,25-24-. The molecule has 101 heavy (non-hydrogen) atoms. The van der Waals surface area contributed by atoms with Gasteiger partial charge in [0.25, 0.3) is 0 Å². The Bertz CT molecular complexity index is 1960. The molecule has 3 fully saturated rings. The quantitative estimate of drug-likeness (QED) is 0.0199. The zero-order chi connectivity index (χ0) is 73.2. The summed E-state index contributed by atoms with van der Waals surface area (Å²) in [5.74, 6) is -0.236. The Balaban J connectivity index is 1.29. The molecule has 1 amide bonds. The summed E-state index contributed by atoms with van der Waals surface area (Å²) in [5, 5.41) is 121. The lowest BCUT2D eigenvalue weighted by molar-refractivity contribution is -0.379. The van der Waals surface area contributed by atoms with E-state index in [1.54, 1.807) is 0 Å². The second-order valence-corrected chi connectivity index (χ2v) is 29.9. The normalized spacial score (nSPS) is 26.4. The summed E-state index contributed by atoms with van der Waals surface area (Å²) < 4.78 is 34.5. The maximum atomic E-state index is 13.5. The zero-order valence-corrected chi connectivity index (χ0v) is 63.7. The molecule has 0 radical (unpaired) electrons. The van der Waals surface area contributed by atoms with Gasteiger partial charge in [0.2, 0.25) is 5.91 Å². The van der Waals surface area contributed by atoms with Crippen LogP contribution in [0, 0.1) is 0 Å². The third-order valence-corrected chi connectivity index (χ3v) is 21.0. The van der Waals surface area contributed by atoms with Gasteiger partial charge in [-0.2, -0.15) is 0 Å². The van der Waals surface area contributed by atoms with Gasteiger partial charge in [-0.1, -0.05) is 326 Å². The van der Waals surface area contributed by atoms with Gasteiger partial charge in [-0.25, -0.2) is 0 Å². The van der Waals surface area contributed by atoms with Gasteiger partial charge in [0, 0.05) is 6.42 Å². The fourth-order valence-electron chi connectivity index (χ4n) is 14.3. The van der Waals surface area contributed by atoms with Gasteiger partial charge < -0.3 is 89.9 Å². The van der Waals surface area contributed by atoms with Crippen molar-refractivity contribution in [2.45, 2.75) is 452 Å². The number of unbranched alkanes of at least 4 members (excludes halogenated alkanes) is 45. The lowest BCUT2D eigenvalue weighted by Gasteiger charge is -2.48. The first-order valence-corrected chi connectivity index (χ1v) is 41.7. The Morgan fingerprint density at radius 1 is 0.356 bits per heavy atom. The van der Waals surface area contributed by atoms with Crippen LogP contribution in [0.4, 0.5) is 0 Å². The molecule has 3 aliphatic heterocycles. The summed E-state index contributed by atoms with van der Waals surface area (Å²) >= 11 is 0. The molecule has 3 rings (SSSR count). The number of ether oxygens (including phenoxy) is 6. The molecule has 3 aliphatic rings. The molecule has 3 heterocycles. The number of aliphatic hydroxyl groups is 11. The van der Waals surface area contributed by atoms with Crippen LogP contribution < -0.4 is 5.32 Å². The van der Waals surface area contributed by atoms with Crippen molar-refractivity contribution < 1.29 is 89.4 Å². The van der Waals surface area contributed by atoms with Crippen molar-refractivity contribution in [3.8, 4) is 0 Å². The molecule has 0 aromatic heterocycles. The molecule has 0 spiro atoms. The first-order valence-electron chi connectivity index (χ1n) is 41.7. The van der Waals surface area contributed by atoms with Gasteiger partial charge >= 0.3 is 0 Å². The molecule has 19 heteroatoms. The highest BCUT2D eigenvalue weighted by Crippen LogP contribution is 2.33. The minimum absolute atomic E-state index is 0.236. The Kier molecular flexibility index (Phi) is 58.1. The lowest BCUT2D eigenvalue weighted by atomic mass is 9.96. The van der Waals surface area contributed by atoms with Gasteiger partial charge in [0.15, 0.2) is 18.9 Å². The molecule has 3 saturated heterocycles. The third-order valence-electron chi connectivity index (χ3n) is 21.0. The predicted octanol–water partition coefficient (Wildman–Crippen LogP) is 14.3. The van der Waals surface area contributed by atoms with Crippen LogP contribution in [-0.2, 0) is 33.2 Å². The first-order chi connectivity index (χ1) is 49.3. The van der Waals surface area contributed by atoms with Crippen LogP contribution >= 0.6 is 0 Å². The molecule has 0 saturated carbocycles. The van der Waals surface area contributed by atoms with Crippen LogP contribution in [0.25, 0.3) is 0 Å². The van der Waals surface area contributed by atoms with Crippen molar-refractivity contribution in [3.63, 3.8) is 0 Å². The number of hydrogen-bond donors (Lipinski definition) is 12. The fourth-order valence-corrected chi connectivity index (χ4v) is 14.3. The number of carbonyl (C=O) groups excluding carboxylic acids is 1. The number of carbonyl (C=O) groups is 1. The van der Waals surface area contributed by atoms with Crippen molar-refractivity contribution in [1.29, 1.82) is 0 Å². The lowest BCUT2D eigenvalue weighted by Crippen LogP contribution is -2.66. The van der Waals surface area contributed by atoms with Crippen molar-refractivity contribution in [2.24, 2.45) is 0 Å². The van der Waals surface area contributed by atoms with Crippen LogP contribution in [0.2, 0.25) is 0 Å². The van der Waals surface area contributed by atoms with Gasteiger partial charge in [-0.15, -0.1) is 0 Å². The molecule has 12 N–H and O–H groups in total. The molecule has 0 bridgehead atoms. The summed E-state index contributed by atoms with van der Waals surface area (Å²) in [5.41, 5.74) is 0. The number of hydrogen-bond acceptors (Lipinski definition) is 18. The first kappa shape index (κ1) is 93.2. The minimum Gasteiger partial charge on any atom is -0.394 e. The molecule has 19 nitrogen and oxygen atoms in total.